The summed E-state index contributed by atoms with van der Waals surface area (Å²) in [6.45, 7) is 4.85. The minimum Gasteiger partial charge on any atom is -0.296 e. The number of thioether (sulfide) groups is 1. The zero-order chi connectivity index (χ0) is 20.2. The number of para-hydroxylation sites is 1. The summed E-state index contributed by atoms with van der Waals surface area (Å²) in [6.07, 6.45) is 2.46. The third-order valence-electron chi connectivity index (χ3n) is 5.04. The lowest BCUT2D eigenvalue weighted by molar-refractivity contribution is 0.0994. The largest absolute Gasteiger partial charge is 0.296 e. The Hall–Kier alpha value is -2.15. The molecule has 1 fully saturated rings. The van der Waals surface area contributed by atoms with Gasteiger partial charge in [0.1, 0.15) is 0 Å². The van der Waals surface area contributed by atoms with E-state index in [1.54, 1.807) is 24.3 Å². The van der Waals surface area contributed by atoms with Crippen molar-refractivity contribution in [3.8, 4) is 5.69 Å². The van der Waals surface area contributed by atoms with E-state index in [0.29, 0.717) is 10.6 Å². The van der Waals surface area contributed by atoms with E-state index in [9.17, 15) is 4.79 Å². The molecule has 5 nitrogen and oxygen atoms in total. The zero-order valence-corrected chi connectivity index (χ0v) is 17.9. The molecule has 4 rings (SSSR count). The number of ketones is 1. The smallest absolute Gasteiger partial charge is 0.196 e. The number of halogens is 1. The molecule has 2 heterocycles. The van der Waals surface area contributed by atoms with Gasteiger partial charge < -0.3 is 0 Å². The number of likely N-dealkylation sites (tertiary alicyclic amines) is 1. The summed E-state index contributed by atoms with van der Waals surface area (Å²) in [7, 11) is 0. The first-order valence-electron chi connectivity index (χ1n) is 9.80. The number of carbonyl (C=O) groups excluding carboxylic acids is 1. The van der Waals surface area contributed by atoms with Gasteiger partial charge in [0, 0.05) is 16.3 Å². The van der Waals surface area contributed by atoms with Gasteiger partial charge in [0.25, 0.3) is 0 Å². The Morgan fingerprint density at radius 1 is 1.10 bits per heavy atom. The van der Waals surface area contributed by atoms with E-state index in [2.05, 4.69) is 19.7 Å². The number of hydrogen-bond acceptors (Lipinski definition) is 5. The second kappa shape index (κ2) is 9.11. The van der Waals surface area contributed by atoms with E-state index >= 15 is 0 Å². The lowest BCUT2D eigenvalue weighted by atomic mass is 10.1. The Labute approximate surface area is 180 Å². The fourth-order valence-electron chi connectivity index (χ4n) is 3.54. The van der Waals surface area contributed by atoms with Crippen molar-refractivity contribution < 1.29 is 4.79 Å². The first kappa shape index (κ1) is 20.1. The molecule has 1 saturated heterocycles. The van der Waals surface area contributed by atoms with Crippen molar-refractivity contribution in [3.63, 3.8) is 0 Å². The molecule has 1 unspecified atom stereocenters. The summed E-state index contributed by atoms with van der Waals surface area (Å²) >= 11 is 7.48. The van der Waals surface area contributed by atoms with Gasteiger partial charge in [0.2, 0.25) is 0 Å². The Bertz CT molecular complexity index is 985. The van der Waals surface area contributed by atoms with Crippen molar-refractivity contribution in [1.82, 2.24) is 19.7 Å². The predicted octanol–water partition coefficient (Wildman–Crippen LogP) is 4.88. The average molecular weight is 427 g/mol. The molecule has 0 aliphatic carbocycles. The normalized spacial score (nSPS) is 15.5. The van der Waals surface area contributed by atoms with Gasteiger partial charge in [-0.05, 0) is 57.1 Å². The minimum absolute atomic E-state index is 0.0289. The van der Waals surface area contributed by atoms with Crippen LogP contribution in [0.1, 0.15) is 35.9 Å². The molecule has 0 saturated carbocycles. The van der Waals surface area contributed by atoms with Crippen LogP contribution in [-0.2, 0) is 6.54 Å². The molecule has 0 bridgehead atoms. The summed E-state index contributed by atoms with van der Waals surface area (Å²) in [5, 5.41) is 9.90. The molecule has 1 aromatic heterocycles. The predicted molar refractivity (Wildman–Crippen MR) is 117 cm³/mol. The second-order valence-electron chi connectivity index (χ2n) is 7.19. The minimum atomic E-state index is -0.306. The number of hydrogen-bond donors (Lipinski definition) is 0. The summed E-state index contributed by atoms with van der Waals surface area (Å²) in [5.41, 5.74) is 1.62. The maximum Gasteiger partial charge on any atom is 0.196 e. The van der Waals surface area contributed by atoms with E-state index < -0.39 is 0 Å². The number of aromatic nitrogens is 3. The molecule has 150 valence electrons. The number of nitrogens with zero attached hydrogens (tertiary/aromatic N) is 4. The summed E-state index contributed by atoms with van der Waals surface area (Å²) < 4.78 is 2.07. The highest BCUT2D eigenvalue weighted by molar-refractivity contribution is 8.00. The van der Waals surface area contributed by atoms with Gasteiger partial charge in [-0.1, -0.05) is 53.7 Å². The van der Waals surface area contributed by atoms with Crippen molar-refractivity contribution in [3.05, 3.63) is 71.0 Å². The molecule has 0 N–H and O–H groups in total. The molecule has 0 amide bonds. The van der Waals surface area contributed by atoms with Crippen LogP contribution in [0.4, 0.5) is 0 Å². The van der Waals surface area contributed by atoms with Crippen LogP contribution in [0.15, 0.2) is 59.8 Å². The van der Waals surface area contributed by atoms with Crippen LogP contribution in [-0.4, -0.2) is 43.8 Å². The lowest BCUT2D eigenvalue weighted by Gasteiger charge is -2.16. The third kappa shape index (κ3) is 4.71. The molecule has 2 aromatic carbocycles. The zero-order valence-electron chi connectivity index (χ0n) is 16.3. The number of benzene rings is 2. The van der Waals surface area contributed by atoms with Crippen LogP contribution < -0.4 is 0 Å². The van der Waals surface area contributed by atoms with Crippen LogP contribution in [0.5, 0.6) is 0 Å². The monoisotopic (exact) mass is 426 g/mol. The fraction of sp³-hybridized carbons (Fsp3) is 0.318. The highest BCUT2D eigenvalue weighted by Crippen LogP contribution is 2.29. The van der Waals surface area contributed by atoms with Gasteiger partial charge in [-0.15, -0.1) is 10.2 Å². The fourth-order valence-corrected chi connectivity index (χ4v) is 4.70. The maximum atomic E-state index is 12.9. The quantitative estimate of drug-likeness (QED) is 0.398. The summed E-state index contributed by atoms with van der Waals surface area (Å²) in [5.74, 6) is 0.934. The number of Topliss-reactive ketones (excluding diaryl/α,β-unsaturated/α-hetero) is 1. The van der Waals surface area contributed by atoms with E-state index in [4.69, 9.17) is 11.6 Å². The number of carbonyl (C=O) groups is 1. The van der Waals surface area contributed by atoms with Gasteiger partial charge in [0.05, 0.1) is 11.8 Å². The van der Waals surface area contributed by atoms with Gasteiger partial charge in [-0.25, -0.2) is 0 Å². The van der Waals surface area contributed by atoms with Gasteiger partial charge in [-0.2, -0.15) is 0 Å². The SMILES string of the molecule is CC(Sc1nnc(CN2CCCC2)n1-c1ccccc1)C(=O)c1cccc(Cl)c1. The van der Waals surface area contributed by atoms with E-state index in [1.165, 1.54) is 24.6 Å². The molecule has 1 aliphatic heterocycles. The summed E-state index contributed by atoms with van der Waals surface area (Å²) in [6, 6.07) is 17.2. The van der Waals surface area contributed by atoms with Crippen LogP contribution >= 0.6 is 23.4 Å². The van der Waals surface area contributed by atoms with Crippen LogP contribution in [0.25, 0.3) is 5.69 Å². The standard InChI is InChI=1S/C22H23ClN4OS/c1-16(21(28)17-8-7-9-18(23)14-17)29-22-25-24-20(15-26-12-5-6-13-26)27(22)19-10-3-2-4-11-19/h2-4,7-11,14,16H,5-6,12-13,15H2,1H3. The van der Waals surface area contributed by atoms with E-state index in [1.807, 2.05) is 37.3 Å². The van der Waals surface area contributed by atoms with Crippen molar-refractivity contribution in [2.75, 3.05) is 13.1 Å². The van der Waals surface area contributed by atoms with Gasteiger partial charge >= 0.3 is 0 Å². The molecule has 29 heavy (non-hydrogen) atoms. The maximum absolute atomic E-state index is 12.9. The van der Waals surface area contributed by atoms with E-state index in [0.717, 1.165) is 36.3 Å². The second-order valence-corrected chi connectivity index (χ2v) is 8.93. The van der Waals surface area contributed by atoms with Crippen molar-refractivity contribution >= 4 is 29.1 Å². The first-order valence-corrected chi connectivity index (χ1v) is 11.1. The molecule has 3 aromatic rings. The Balaban J connectivity index is 1.61. The Kier molecular flexibility index (Phi) is 6.33. The first-order chi connectivity index (χ1) is 14.1. The van der Waals surface area contributed by atoms with Crippen molar-refractivity contribution in [1.29, 1.82) is 0 Å². The molecule has 1 atom stereocenters. The molecular formula is C22H23ClN4OS. The summed E-state index contributed by atoms with van der Waals surface area (Å²) in [4.78, 5) is 15.3. The van der Waals surface area contributed by atoms with Crippen LogP contribution in [0.2, 0.25) is 5.02 Å². The third-order valence-corrected chi connectivity index (χ3v) is 6.32. The molecule has 7 heteroatoms. The molecule has 1 aliphatic rings. The lowest BCUT2D eigenvalue weighted by Crippen LogP contribution is -2.21. The average Bonchev–Trinajstić information content (AvgIpc) is 3.38. The van der Waals surface area contributed by atoms with Gasteiger partial charge in [0.15, 0.2) is 16.8 Å². The van der Waals surface area contributed by atoms with Crippen molar-refractivity contribution in [2.24, 2.45) is 0 Å². The van der Waals surface area contributed by atoms with Crippen LogP contribution in [0.3, 0.4) is 0 Å². The molecule has 0 radical (unpaired) electrons. The highest BCUT2D eigenvalue weighted by atomic mass is 35.5. The highest BCUT2D eigenvalue weighted by Gasteiger charge is 2.23. The van der Waals surface area contributed by atoms with Gasteiger partial charge in [-0.3, -0.25) is 14.3 Å². The molecular weight excluding hydrogens is 404 g/mol. The Morgan fingerprint density at radius 3 is 2.59 bits per heavy atom. The van der Waals surface area contributed by atoms with E-state index in [-0.39, 0.29) is 11.0 Å². The number of rotatable bonds is 7. The Morgan fingerprint density at radius 2 is 1.86 bits per heavy atom. The molecule has 0 spiro atoms. The van der Waals surface area contributed by atoms with Crippen molar-refractivity contribution in [2.45, 2.75) is 36.7 Å². The topological polar surface area (TPSA) is 51.0 Å². The van der Waals surface area contributed by atoms with Crippen LogP contribution in [0, 0.1) is 0 Å².